The molecule has 1 aliphatic carbocycles. The van der Waals surface area contributed by atoms with Crippen LogP contribution in [0.25, 0.3) is 0 Å². The number of ether oxygens (including phenoxy) is 2. The Morgan fingerprint density at radius 1 is 1.08 bits per heavy atom. The van der Waals surface area contributed by atoms with Crippen LogP contribution in [0.5, 0.6) is 5.75 Å². The Kier molecular flexibility index (Phi) is 4.22. The van der Waals surface area contributed by atoms with E-state index in [2.05, 4.69) is 12.1 Å². The van der Waals surface area contributed by atoms with Gasteiger partial charge in [0.25, 0.3) is 5.91 Å². The van der Waals surface area contributed by atoms with E-state index in [0.717, 1.165) is 30.6 Å². The zero-order valence-corrected chi connectivity index (χ0v) is 14.5. The third kappa shape index (κ3) is 3.27. The number of nitrogens with zero attached hydrogens (tertiary/aromatic N) is 1. The molecular formula is C21H23NO3. The van der Waals surface area contributed by atoms with Crippen LogP contribution in [0.15, 0.2) is 54.6 Å². The van der Waals surface area contributed by atoms with Gasteiger partial charge in [-0.3, -0.25) is 4.79 Å². The van der Waals surface area contributed by atoms with E-state index in [0.29, 0.717) is 13.2 Å². The van der Waals surface area contributed by atoms with Crippen LogP contribution in [-0.2, 0) is 22.5 Å². The van der Waals surface area contributed by atoms with E-state index in [4.69, 9.17) is 9.47 Å². The molecule has 1 atom stereocenters. The molecule has 2 aromatic rings. The van der Waals surface area contributed by atoms with E-state index in [9.17, 15) is 4.79 Å². The summed E-state index contributed by atoms with van der Waals surface area (Å²) < 4.78 is 11.2. The fourth-order valence-electron chi connectivity index (χ4n) is 3.49. The Morgan fingerprint density at radius 3 is 2.44 bits per heavy atom. The summed E-state index contributed by atoms with van der Waals surface area (Å²) in [7, 11) is 1.66. The first-order chi connectivity index (χ1) is 12.2. The lowest BCUT2D eigenvalue weighted by atomic mass is 10.0. The molecular weight excluding hydrogens is 314 g/mol. The fourth-order valence-corrected chi connectivity index (χ4v) is 3.49. The van der Waals surface area contributed by atoms with Crippen molar-refractivity contribution in [2.45, 2.75) is 37.5 Å². The van der Waals surface area contributed by atoms with E-state index in [1.54, 1.807) is 7.11 Å². The van der Waals surface area contributed by atoms with Gasteiger partial charge in [0.1, 0.15) is 11.4 Å². The van der Waals surface area contributed by atoms with Crippen LogP contribution in [0.1, 0.15) is 24.0 Å². The van der Waals surface area contributed by atoms with Crippen molar-refractivity contribution in [3.63, 3.8) is 0 Å². The summed E-state index contributed by atoms with van der Waals surface area (Å²) in [6.45, 7) is 1.22. The summed E-state index contributed by atoms with van der Waals surface area (Å²) in [5.74, 6) is 0.979. The molecule has 1 saturated carbocycles. The largest absolute Gasteiger partial charge is 0.497 e. The summed E-state index contributed by atoms with van der Waals surface area (Å²) in [5.41, 5.74) is 1.82. The van der Waals surface area contributed by atoms with E-state index in [1.807, 2.05) is 47.4 Å². The van der Waals surface area contributed by atoms with E-state index in [-0.39, 0.29) is 11.9 Å². The molecule has 1 spiro atoms. The van der Waals surface area contributed by atoms with Crippen LogP contribution in [0.2, 0.25) is 0 Å². The molecule has 0 radical (unpaired) electrons. The van der Waals surface area contributed by atoms with Gasteiger partial charge in [-0.1, -0.05) is 42.5 Å². The van der Waals surface area contributed by atoms with Crippen LogP contribution in [-0.4, -0.2) is 36.2 Å². The van der Waals surface area contributed by atoms with Gasteiger partial charge in [-0.15, -0.1) is 0 Å². The Bertz CT molecular complexity index is 737. The molecule has 2 aliphatic rings. The molecule has 2 aromatic carbocycles. The van der Waals surface area contributed by atoms with Gasteiger partial charge >= 0.3 is 0 Å². The van der Waals surface area contributed by atoms with Crippen LogP contribution < -0.4 is 4.74 Å². The van der Waals surface area contributed by atoms with Crippen LogP contribution in [0.4, 0.5) is 0 Å². The average Bonchev–Trinajstić information content (AvgIpc) is 3.44. The van der Waals surface area contributed by atoms with Crippen LogP contribution in [0, 0.1) is 0 Å². The number of carbonyl (C=O) groups excluding carboxylic acids is 1. The first kappa shape index (κ1) is 16.2. The Labute approximate surface area is 148 Å². The lowest BCUT2D eigenvalue weighted by molar-refractivity contribution is -0.164. The standard InChI is InChI=1S/C21H23NO3/c1-24-19-9-7-17(8-10-19)14-22-18(13-16-5-3-2-4-6-16)15-25-21(11-12-21)20(22)23/h2-10,18H,11-15H2,1H3/t18-/m0/s1. The maximum absolute atomic E-state index is 13.0. The summed E-state index contributed by atoms with van der Waals surface area (Å²) >= 11 is 0. The predicted octanol–water partition coefficient (Wildman–Crippen LogP) is 3.20. The van der Waals surface area contributed by atoms with Gasteiger partial charge < -0.3 is 14.4 Å². The minimum atomic E-state index is -0.528. The Morgan fingerprint density at radius 2 is 1.80 bits per heavy atom. The molecule has 25 heavy (non-hydrogen) atoms. The van der Waals surface area contributed by atoms with Crippen molar-refractivity contribution >= 4 is 5.91 Å². The molecule has 1 heterocycles. The topological polar surface area (TPSA) is 38.8 Å². The smallest absolute Gasteiger partial charge is 0.255 e. The normalized spacial score (nSPS) is 21.4. The summed E-state index contributed by atoms with van der Waals surface area (Å²) in [4.78, 5) is 15.0. The molecule has 2 fully saturated rings. The van der Waals surface area contributed by atoms with Gasteiger partial charge in [0.2, 0.25) is 0 Å². The first-order valence-electron chi connectivity index (χ1n) is 8.82. The van der Waals surface area contributed by atoms with Gasteiger partial charge in [-0.25, -0.2) is 0 Å². The molecule has 4 rings (SSSR count). The molecule has 1 amide bonds. The molecule has 0 bridgehead atoms. The minimum absolute atomic E-state index is 0.0724. The lowest BCUT2D eigenvalue weighted by Crippen LogP contribution is -2.55. The maximum atomic E-state index is 13.0. The third-order valence-corrected chi connectivity index (χ3v) is 5.17. The molecule has 4 heteroatoms. The summed E-state index contributed by atoms with van der Waals surface area (Å²) in [6.07, 6.45) is 2.52. The minimum Gasteiger partial charge on any atom is -0.497 e. The number of benzene rings is 2. The number of methoxy groups -OCH3 is 1. The molecule has 0 N–H and O–H groups in total. The van der Waals surface area contributed by atoms with Gasteiger partial charge in [0.15, 0.2) is 0 Å². The van der Waals surface area contributed by atoms with Crippen LogP contribution in [0.3, 0.4) is 0 Å². The highest BCUT2D eigenvalue weighted by Gasteiger charge is 2.57. The summed E-state index contributed by atoms with van der Waals surface area (Å²) in [6, 6.07) is 18.3. The molecule has 1 saturated heterocycles. The van der Waals surface area contributed by atoms with E-state index in [1.165, 1.54) is 5.56 Å². The number of rotatable bonds is 5. The number of hydrogen-bond acceptors (Lipinski definition) is 3. The SMILES string of the molecule is COc1ccc(CN2C(=O)C3(CC3)OC[C@@H]2Cc2ccccc2)cc1. The fraction of sp³-hybridized carbons (Fsp3) is 0.381. The van der Waals surface area contributed by atoms with Crippen molar-refractivity contribution in [1.82, 2.24) is 4.90 Å². The predicted molar refractivity (Wildman–Crippen MR) is 95.4 cm³/mol. The summed E-state index contributed by atoms with van der Waals surface area (Å²) in [5, 5.41) is 0. The van der Waals surface area contributed by atoms with Crippen molar-refractivity contribution in [2.75, 3.05) is 13.7 Å². The van der Waals surface area contributed by atoms with Gasteiger partial charge in [-0.05, 0) is 42.5 Å². The average molecular weight is 337 g/mol. The first-order valence-corrected chi connectivity index (χ1v) is 8.82. The number of carbonyl (C=O) groups is 1. The Hall–Kier alpha value is -2.33. The molecule has 0 aromatic heterocycles. The molecule has 4 nitrogen and oxygen atoms in total. The van der Waals surface area contributed by atoms with Gasteiger partial charge in [0.05, 0.1) is 19.8 Å². The second kappa shape index (κ2) is 6.52. The highest BCUT2D eigenvalue weighted by atomic mass is 16.5. The van der Waals surface area contributed by atoms with Gasteiger partial charge in [0, 0.05) is 6.54 Å². The lowest BCUT2D eigenvalue weighted by Gasteiger charge is -2.40. The monoisotopic (exact) mass is 337 g/mol. The van der Waals surface area contributed by atoms with Crippen molar-refractivity contribution in [1.29, 1.82) is 0 Å². The van der Waals surface area contributed by atoms with Crippen LogP contribution >= 0.6 is 0 Å². The number of hydrogen-bond donors (Lipinski definition) is 0. The second-order valence-electron chi connectivity index (χ2n) is 6.93. The second-order valence-corrected chi connectivity index (χ2v) is 6.93. The zero-order valence-electron chi connectivity index (χ0n) is 14.5. The van der Waals surface area contributed by atoms with Crippen molar-refractivity contribution in [2.24, 2.45) is 0 Å². The number of amides is 1. The van der Waals surface area contributed by atoms with Crippen molar-refractivity contribution in [3.05, 3.63) is 65.7 Å². The molecule has 1 aliphatic heterocycles. The van der Waals surface area contributed by atoms with E-state index >= 15 is 0 Å². The zero-order chi connectivity index (χ0) is 17.3. The van der Waals surface area contributed by atoms with Crippen molar-refractivity contribution in [3.8, 4) is 5.75 Å². The number of morpholine rings is 1. The quantitative estimate of drug-likeness (QED) is 0.841. The maximum Gasteiger partial charge on any atom is 0.255 e. The highest BCUT2D eigenvalue weighted by molar-refractivity contribution is 5.89. The van der Waals surface area contributed by atoms with E-state index < -0.39 is 5.60 Å². The molecule has 0 unspecified atom stereocenters. The highest BCUT2D eigenvalue weighted by Crippen LogP contribution is 2.44. The van der Waals surface area contributed by atoms with Gasteiger partial charge in [-0.2, -0.15) is 0 Å². The Balaban J connectivity index is 1.55. The van der Waals surface area contributed by atoms with Crippen molar-refractivity contribution < 1.29 is 14.3 Å². The third-order valence-electron chi connectivity index (χ3n) is 5.17. The molecule has 130 valence electrons.